The van der Waals surface area contributed by atoms with E-state index in [9.17, 15) is 25.2 Å². The largest absolute Gasteiger partial charge is 0.506 e. The third kappa shape index (κ3) is 3.25. The summed E-state index contributed by atoms with van der Waals surface area (Å²) in [5.74, 6) is -1.34. The van der Waals surface area contributed by atoms with Gasteiger partial charge < -0.3 is 24.8 Å². The van der Waals surface area contributed by atoms with Gasteiger partial charge in [0.15, 0.2) is 17.1 Å². The Hall–Kier alpha value is -4.71. The average Bonchev–Trinajstić information content (AvgIpc) is 2.82. The molecule has 0 aliphatic carbocycles. The van der Waals surface area contributed by atoms with Crippen LogP contribution in [-0.2, 0) is 0 Å². The van der Waals surface area contributed by atoms with Crippen molar-refractivity contribution in [2.75, 3.05) is 0 Å². The van der Waals surface area contributed by atoms with E-state index in [1.54, 1.807) is 54.6 Å². The number of benzene rings is 4. The van der Waals surface area contributed by atoms with Crippen molar-refractivity contribution in [3.63, 3.8) is 0 Å². The standard InChI is InChI=1S/C27H18O6/c28-19-12-11-17(13-20(19)29)18-14-33-27-22(16-9-5-2-6-10-16)25(31)21(15-7-3-1-4-8-15)26(32)23(27)24(18)30/h1-14,28-29,31-32H. The first-order valence-electron chi connectivity index (χ1n) is 10.1. The van der Waals surface area contributed by atoms with Gasteiger partial charge in [-0.3, -0.25) is 4.79 Å². The van der Waals surface area contributed by atoms with Crippen LogP contribution in [0.4, 0.5) is 0 Å². The lowest BCUT2D eigenvalue weighted by atomic mass is 9.92. The van der Waals surface area contributed by atoms with Crippen LogP contribution in [0.25, 0.3) is 44.3 Å². The van der Waals surface area contributed by atoms with Crippen LogP contribution in [0.5, 0.6) is 23.0 Å². The van der Waals surface area contributed by atoms with Gasteiger partial charge in [-0.15, -0.1) is 0 Å². The molecule has 6 heteroatoms. The molecular weight excluding hydrogens is 420 g/mol. The van der Waals surface area contributed by atoms with E-state index in [0.717, 1.165) is 0 Å². The van der Waals surface area contributed by atoms with Gasteiger partial charge >= 0.3 is 0 Å². The van der Waals surface area contributed by atoms with Crippen LogP contribution in [-0.4, -0.2) is 20.4 Å². The first-order chi connectivity index (χ1) is 16.0. The van der Waals surface area contributed by atoms with Crippen LogP contribution >= 0.6 is 0 Å². The molecule has 0 saturated carbocycles. The van der Waals surface area contributed by atoms with Crippen molar-refractivity contribution in [2.24, 2.45) is 0 Å². The van der Waals surface area contributed by atoms with Gasteiger partial charge in [0, 0.05) is 0 Å². The number of hydrogen-bond donors (Lipinski definition) is 4. The second-order valence-electron chi connectivity index (χ2n) is 7.57. The smallest absolute Gasteiger partial charge is 0.204 e. The highest BCUT2D eigenvalue weighted by Crippen LogP contribution is 2.49. The van der Waals surface area contributed by atoms with Crippen molar-refractivity contribution in [2.45, 2.75) is 0 Å². The van der Waals surface area contributed by atoms with Gasteiger partial charge in [-0.1, -0.05) is 66.7 Å². The molecule has 4 N–H and O–H groups in total. The maximum atomic E-state index is 13.6. The molecular formula is C27H18O6. The van der Waals surface area contributed by atoms with Crippen molar-refractivity contribution in [1.29, 1.82) is 0 Å². The summed E-state index contributed by atoms with van der Waals surface area (Å²) >= 11 is 0. The third-order valence-corrected chi connectivity index (χ3v) is 5.58. The van der Waals surface area contributed by atoms with Crippen LogP contribution in [0.3, 0.4) is 0 Å². The lowest BCUT2D eigenvalue weighted by Gasteiger charge is -2.16. The van der Waals surface area contributed by atoms with Crippen molar-refractivity contribution < 1.29 is 24.8 Å². The Kier molecular flexibility index (Phi) is 4.75. The molecule has 0 fully saturated rings. The maximum absolute atomic E-state index is 13.6. The Morgan fingerprint density at radius 2 is 1.21 bits per heavy atom. The van der Waals surface area contributed by atoms with Crippen LogP contribution in [0.1, 0.15) is 0 Å². The molecule has 0 atom stereocenters. The Morgan fingerprint density at radius 1 is 0.606 bits per heavy atom. The van der Waals surface area contributed by atoms with Crippen LogP contribution in [0, 0.1) is 0 Å². The summed E-state index contributed by atoms with van der Waals surface area (Å²) in [6, 6.07) is 21.7. The second-order valence-corrected chi connectivity index (χ2v) is 7.57. The highest BCUT2D eigenvalue weighted by Gasteiger charge is 2.26. The molecule has 0 aliphatic rings. The number of hydrogen-bond acceptors (Lipinski definition) is 6. The number of rotatable bonds is 3. The van der Waals surface area contributed by atoms with E-state index in [1.165, 1.54) is 24.5 Å². The Labute approximate surface area is 187 Å². The highest BCUT2D eigenvalue weighted by molar-refractivity contribution is 6.06. The van der Waals surface area contributed by atoms with Gasteiger partial charge in [0.25, 0.3) is 0 Å². The molecule has 0 saturated heterocycles. The van der Waals surface area contributed by atoms with Gasteiger partial charge in [0.1, 0.15) is 23.1 Å². The minimum absolute atomic E-state index is 0.0348. The van der Waals surface area contributed by atoms with E-state index in [4.69, 9.17) is 4.42 Å². The fourth-order valence-electron chi connectivity index (χ4n) is 3.98. The number of phenolic OH excluding ortho intramolecular Hbond substituents is 4. The summed E-state index contributed by atoms with van der Waals surface area (Å²) in [5, 5.41) is 41.8. The van der Waals surface area contributed by atoms with E-state index in [-0.39, 0.29) is 39.2 Å². The Morgan fingerprint density at radius 3 is 1.82 bits per heavy atom. The van der Waals surface area contributed by atoms with Crippen molar-refractivity contribution in [3.8, 4) is 56.4 Å². The predicted octanol–water partition coefficient (Wildman–Crippen LogP) is 5.62. The topological polar surface area (TPSA) is 111 Å². The summed E-state index contributed by atoms with van der Waals surface area (Å²) in [6.07, 6.45) is 1.21. The van der Waals surface area contributed by atoms with Gasteiger partial charge in [-0.2, -0.15) is 0 Å². The predicted molar refractivity (Wildman–Crippen MR) is 125 cm³/mol. The van der Waals surface area contributed by atoms with Crippen LogP contribution < -0.4 is 5.43 Å². The lowest BCUT2D eigenvalue weighted by molar-refractivity contribution is 0.404. The van der Waals surface area contributed by atoms with Crippen molar-refractivity contribution in [1.82, 2.24) is 0 Å². The molecule has 4 aromatic carbocycles. The number of aromatic hydroxyl groups is 4. The third-order valence-electron chi connectivity index (χ3n) is 5.58. The van der Waals surface area contributed by atoms with Gasteiger partial charge in [-0.05, 0) is 28.8 Å². The SMILES string of the molecule is O=c1c(-c2ccc(O)c(O)c2)coc2c(-c3ccccc3)c(O)c(-c3ccccc3)c(O)c12. The van der Waals surface area contributed by atoms with E-state index in [2.05, 4.69) is 0 Å². The van der Waals surface area contributed by atoms with Gasteiger partial charge in [0.05, 0.1) is 16.7 Å². The lowest BCUT2D eigenvalue weighted by Crippen LogP contribution is -2.06. The minimum atomic E-state index is -0.548. The molecule has 5 aromatic rings. The normalized spacial score (nSPS) is 11.0. The highest BCUT2D eigenvalue weighted by atomic mass is 16.3. The molecule has 0 bridgehead atoms. The first kappa shape index (κ1) is 20.2. The van der Waals surface area contributed by atoms with Crippen LogP contribution in [0.15, 0.2) is 94.3 Å². The molecule has 162 valence electrons. The van der Waals surface area contributed by atoms with Crippen LogP contribution in [0.2, 0.25) is 0 Å². The van der Waals surface area contributed by atoms with E-state index >= 15 is 0 Å². The molecule has 0 spiro atoms. The molecule has 1 aromatic heterocycles. The van der Waals surface area contributed by atoms with Gasteiger partial charge in [-0.25, -0.2) is 0 Å². The Bertz CT molecular complexity index is 1550. The maximum Gasteiger partial charge on any atom is 0.204 e. The fourth-order valence-corrected chi connectivity index (χ4v) is 3.98. The molecule has 0 radical (unpaired) electrons. The quantitative estimate of drug-likeness (QED) is 0.272. The second kappa shape index (κ2) is 7.76. The number of phenols is 4. The molecule has 0 unspecified atom stereocenters. The monoisotopic (exact) mass is 438 g/mol. The zero-order chi connectivity index (χ0) is 23.1. The minimum Gasteiger partial charge on any atom is -0.506 e. The summed E-state index contributed by atoms with van der Waals surface area (Å²) in [4.78, 5) is 13.6. The zero-order valence-electron chi connectivity index (χ0n) is 17.2. The van der Waals surface area contributed by atoms with E-state index in [1.807, 2.05) is 6.07 Å². The zero-order valence-corrected chi connectivity index (χ0v) is 17.2. The van der Waals surface area contributed by atoms with E-state index in [0.29, 0.717) is 16.7 Å². The molecule has 0 amide bonds. The summed E-state index contributed by atoms with van der Waals surface area (Å²) < 4.78 is 5.82. The summed E-state index contributed by atoms with van der Waals surface area (Å²) in [7, 11) is 0. The molecule has 0 aliphatic heterocycles. The summed E-state index contributed by atoms with van der Waals surface area (Å²) in [6.45, 7) is 0. The first-order valence-corrected chi connectivity index (χ1v) is 10.1. The van der Waals surface area contributed by atoms with Gasteiger partial charge in [0.2, 0.25) is 5.43 Å². The average molecular weight is 438 g/mol. The molecule has 5 rings (SSSR count). The van der Waals surface area contributed by atoms with Crippen molar-refractivity contribution in [3.05, 3.63) is 95.3 Å². The molecule has 1 heterocycles. The molecule has 6 nitrogen and oxygen atoms in total. The fraction of sp³-hybridized carbons (Fsp3) is 0. The number of fused-ring (bicyclic) bond motifs is 1. The van der Waals surface area contributed by atoms with E-state index < -0.39 is 16.9 Å². The summed E-state index contributed by atoms with van der Waals surface area (Å²) in [5.41, 5.74) is 1.39. The van der Waals surface area contributed by atoms with Crippen molar-refractivity contribution >= 4 is 11.0 Å². The molecule has 33 heavy (non-hydrogen) atoms. The Balaban J connectivity index is 1.92.